The second kappa shape index (κ2) is 12.9. The van der Waals surface area contributed by atoms with Crippen LogP contribution < -0.4 is 10.6 Å². The van der Waals surface area contributed by atoms with Crippen LogP contribution in [0, 0.1) is 0 Å². The van der Waals surface area contributed by atoms with Crippen molar-refractivity contribution in [2.24, 2.45) is 0 Å². The standard InChI is InChI=1S/C35H29ClN2O2/c36-30-24-14-13-23-29(30)33(37-34(39)31(25-15-5-1-6-16-25)26-17-7-2-8-18-26)38-35(40)32(27-19-9-3-10-20-27)28-21-11-4-12-22-28/h1-24,31-33H,(H,37,39)(H,38,40). The van der Waals surface area contributed by atoms with Gasteiger partial charge in [-0.3, -0.25) is 9.59 Å². The average molecular weight is 545 g/mol. The van der Waals surface area contributed by atoms with E-state index in [-0.39, 0.29) is 11.8 Å². The summed E-state index contributed by atoms with van der Waals surface area (Å²) in [5, 5.41) is 6.65. The van der Waals surface area contributed by atoms with Gasteiger partial charge < -0.3 is 10.6 Å². The Morgan fingerprint density at radius 3 is 1.07 bits per heavy atom. The van der Waals surface area contributed by atoms with E-state index in [1.54, 1.807) is 6.07 Å². The van der Waals surface area contributed by atoms with Crippen LogP contribution in [0.2, 0.25) is 5.02 Å². The van der Waals surface area contributed by atoms with E-state index in [0.717, 1.165) is 22.3 Å². The molecule has 0 saturated heterocycles. The van der Waals surface area contributed by atoms with Crippen LogP contribution in [0.3, 0.4) is 0 Å². The second-order valence-corrected chi connectivity index (χ2v) is 9.89. The number of amides is 2. The number of rotatable bonds is 9. The van der Waals surface area contributed by atoms with Crippen LogP contribution in [0.4, 0.5) is 0 Å². The van der Waals surface area contributed by atoms with Crippen LogP contribution >= 0.6 is 11.6 Å². The zero-order valence-electron chi connectivity index (χ0n) is 21.8. The first-order valence-corrected chi connectivity index (χ1v) is 13.5. The van der Waals surface area contributed by atoms with Crippen molar-refractivity contribution in [3.63, 3.8) is 0 Å². The quantitative estimate of drug-likeness (QED) is 0.192. The lowest BCUT2D eigenvalue weighted by Gasteiger charge is -2.27. The molecule has 0 radical (unpaired) electrons. The minimum atomic E-state index is -0.862. The molecule has 0 heterocycles. The van der Waals surface area contributed by atoms with E-state index in [2.05, 4.69) is 10.6 Å². The Labute approximate surface area is 239 Å². The molecule has 2 amide bonds. The van der Waals surface area contributed by atoms with E-state index in [1.807, 2.05) is 140 Å². The van der Waals surface area contributed by atoms with Crippen molar-refractivity contribution in [1.29, 1.82) is 0 Å². The molecular formula is C35H29ClN2O2. The number of benzene rings is 5. The van der Waals surface area contributed by atoms with Crippen molar-refractivity contribution in [2.45, 2.75) is 18.0 Å². The Hall–Kier alpha value is -4.67. The van der Waals surface area contributed by atoms with E-state index in [9.17, 15) is 9.59 Å². The molecule has 198 valence electrons. The summed E-state index contributed by atoms with van der Waals surface area (Å²) >= 11 is 6.61. The molecule has 0 atom stereocenters. The molecule has 5 aromatic carbocycles. The fraction of sp³-hybridized carbons (Fsp3) is 0.0857. The summed E-state index contributed by atoms with van der Waals surface area (Å²) in [6.45, 7) is 0. The molecule has 5 heteroatoms. The summed E-state index contributed by atoms with van der Waals surface area (Å²) in [6, 6.07) is 45.7. The Bertz CT molecular complexity index is 1370. The molecule has 0 aliphatic heterocycles. The normalized spacial score (nSPS) is 11.0. The number of nitrogens with one attached hydrogen (secondary N) is 2. The zero-order chi connectivity index (χ0) is 27.7. The van der Waals surface area contributed by atoms with Gasteiger partial charge >= 0.3 is 0 Å². The van der Waals surface area contributed by atoms with Crippen molar-refractivity contribution < 1.29 is 9.59 Å². The summed E-state index contributed by atoms with van der Waals surface area (Å²) in [6.07, 6.45) is -0.862. The van der Waals surface area contributed by atoms with Gasteiger partial charge in [0.05, 0.1) is 11.8 Å². The van der Waals surface area contributed by atoms with Crippen LogP contribution in [0.15, 0.2) is 146 Å². The molecule has 0 spiro atoms. The monoisotopic (exact) mass is 544 g/mol. The highest BCUT2D eigenvalue weighted by Crippen LogP contribution is 2.29. The van der Waals surface area contributed by atoms with Crippen molar-refractivity contribution in [2.75, 3.05) is 0 Å². The van der Waals surface area contributed by atoms with E-state index in [0.29, 0.717) is 10.6 Å². The predicted octanol–water partition coefficient (Wildman–Crippen LogP) is 7.24. The molecular weight excluding hydrogens is 516 g/mol. The van der Waals surface area contributed by atoms with Gasteiger partial charge in [-0.1, -0.05) is 151 Å². The third-order valence-electron chi connectivity index (χ3n) is 6.85. The molecule has 0 aliphatic rings. The summed E-state index contributed by atoms with van der Waals surface area (Å²) in [5.41, 5.74) is 4.00. The Balaban J connectivity index is 1.51. The Morgan fingerprint density at radius 1 is 0.450 bits per heavy atom. The van der Waals surface area contributed by atoms with E-state index in [1.165, 1.54) is 0 Å². The highest BCUT2D eigenvalue weighted by molar-refractivity contribution is 6.31. The van der Waals surface area contributed by atoms with Gasteiger partial charge in [-0.25, -0.2) is 0 Å². The summed E-state index contributed by atoms with van der Waals surface area (Å²) < 4.78 is 0. The predicted molar refractivity (Wildman–Crippen MR) is 160 cm³/mol. The van der Waals surface area contributed by atoms with Crippen molar-refractivity contribution in [1.82, 2.24) is 10.6 Å². The molecule has 0 bridgehead atoms. The largest absolute Gasteiger partial charge is 0.331 e. The van der Waals surface area contributed by atoms with Crippen LogP contribution in [0.25, 0.3) is 0 Å². The van der Waals surface area contributed by atoms with Gasteiger partial charge in [-0.05, 0) is 28.3 Å². The van der Waals surface area contributed by atoms with Crippen LogP contribution in [0.5, 0.6) is 0 Å². The van der Waals surface area contributed by atoms with Crippen molar-refractivity contribution in [3.05, 3.63) is 178 Å². The minimum absolute atomic E-state index is 0.251. The second-order valence-electron chi connectivity index (χ2n) is 9.48. The van der Waals surface area contributed by atoms with Crippen LogP contribution in [0.1, 0.15) is 45.8 Å². The number of hydrogen-bond donors (Lipinski definition) is 2. The van der Waals surface area contributed by atoms with Gasteiger partial charge in [-0.15, -0.1) is 0 Å². The first-order valence-electron chi connectivity index (χ1n) is 13.2. The fourth-order valence-corrected chi connectivity index (χ4v) is 5.17. The topological polar surface area (TPSA) is 58.2 Å². The fourth-order valence-electron chi connectivity index (χ4n) is 4.92. The molecule has 0 saturated carbocycles. The molecule has 4 nitrogen and oxygen atoms in total. The first kappa shape index (κ1) is 26.9. The third-order valence-corrected chi connectivity index (χ3v) is 7.19. The van der Waals surface area contributed by atoms with Crippen molar-refractivity contribution >= 4 is 23.4 Å². The molecule has 0 aromatic heterocycles. The van der Waals surface area contributed by atoms with Gasteiger partial charge in [0.1, 0.15) is 6.17 Å². The Morgan fingerprint density at radius 2 is 0.750 bits per heavy atom. The summed E-state index contributed by atoms with van der Waals surface area (Å²) in [4.78, 5) is 28.0. The lowest BCUT2D eigenvalue weighted by atomic mass is 9.89. The van der Waals surface area contributed by atoms with E-state index < -0.39 is 18.0 Å². The van der Waals surface area contributed by atoms with E-state index >= 15 is 0 Å². The van der Waals surface area contributed by atoms with Gasteiger partial charge in [-0.2, -0.15) is 0 Å². The maximum atomic E-state index is 14.0. The SMILES string of the molecule is O=C(NC(NC(=O)C(c1ccccc1)c1ccccc1)c1ccccc1Cl)C(c1ccccc1)c1ccccc1. The lowest BCUT2D eigenvalue weighted by Crippen LogP contribution is -2.44. The molecule has 2 N–H and O–H groups in total. The smallest absolute Gasteiger partial charge is 0.233 e. The number of carbonyl (C=O) groups is 2. The maximum Gasteiger partial charge on any atom is 0.233 e. The molecule has 0 unspecified atom stereocenters. The number of carbonyl (C=O) groups excluding carboxylic acids is 2. The summed E-state index contributed by atoms with van der Waals surface area (Å²) in [5.74, 6) is -1.66. The maximum absolute atomic E-state index is 14.0. The highest BCUT2D eigenvalue weighted by atomic mass is 35.5. The zero-order valence-corrected chi connectivity index (χ0v) is 22.5. The molecule has 40 heavy (non-hydrogen) atoms. The van der Waals surface area contributed by atoms with Gasteiger partial charge in [0, 0.05) is 10.6 Å². The van der Waals surface area contributed by atoms with Gasteiger partial charge in [0.15, 0.2) is 0 Å². The van der Waals surface area contributed by atoms with Crippen LogP contribution in [-0.4, -0.2) is 11.8 Å². The van der Waals surface area contributed by atoms with E-state index in [4.69, 9.17) is 11.6 Å². The number of halogens is 1. The molecule has 0 fully saturated rings. The van der Waals surface area contributed by atoms with Crippen molar-refractivity contribution in [3.8, 4) is 0 Å². The third kappa shape index (κ3) is 6.31. The highest BCUT2D eigenvalue weighted by Gasteiger charge is 2.30. The summed E-state index contributed by atoms with van der Waals surface area (Å²) in [7, 11) is 0. The molecule has 5 rings (SSSR count). The first-order chi connectivity index (χ1) is 19.6. The minimum Gasteiger partial charge on any atom is -0.331 e. The molecule has 5 aromatic rings. The number of hydrogen-bond acceptors (Lipinski definition) is 2. The van der Waals surface area contributed by atoms with Gasteiger partial charge in [0.2, 0.25) is 11.8 Å². The molecule has 0 aliphatic carbocycles. The Kier molecular flexibility index (Phi) is 8.69. The van der Waals surface area contributed by atoms with Crippen LogP contribution in [-0.2, 0) is 9.59 Å². The average Bonchev–Trinajstić information content (AvgIpc) is 3.00. The lowest BCUT2D eigenvalue weighted by molar-refractivity contribution is -0.125. The van der Waals surface area contributed by atoms with Gasteiger partial charge in [0.25, 0.3) is 0 Å².